The molecule has 4 heteroatoms. The molecule has 4 rings (SSSR count). The van der Waals surface area contributed by atoms with Crippen molar-refractivity contribution in [3.8, 4) is 0 Å². The van der Waals surface area contributed by atoms with E-state index >= 15 is 0 Å². The lowest BCUT2D eigenvalue weighted by molar-refractivity contribution is 0.707. The lowest BCUT2D eigenvalue weighted by atomic mass is 10.0. The SMILES string of the molecule is c1ccc(CCCNc2ccnc(N3CCc4ccccc4C3)n2)cc1. The van der Waals surface area contributed by atoms with Gasteiger partial charge >= 0.3 is 0 Å². The van der Waals surface area contributed by atoms with Gasteiger partial charge in [0.1, 0.15) is 5.82 Å². The maximum atomic E-state index is 4.72. The van der Waals surface area contributed by atoms with Crippen LogP contribution in [0.5, 0.6) is 0 Å². The molecule has 1 aliphatic rings. The van der Waals surface area contributed by atoms with Crippen molar-refractivity contribution in [2.45, 2.75) is 25.8 Å². The number of hydrogen-bond donors (Lipinski definition) is 1. The van der Waals surface area contributed by atoms with Crippen LogP contribution in [0.3, 0.4) is 0 Å². The third kappa shape index (κ3) is 4.02. The van der Waals surface area contributed by atoms with E-state index in [1.807, 2.05) is 12.3 Å². The maximum absolute atomic E-state index is 4.72. The molecule has 4 nitrogen and oxygen atoms in total. The summed E-state index contributed by atoms with van der Waals surface area (Å²) in [6.45, 7) is 2.76. The van der Waals surface area contributed by atoms with Crippen molar-refractivity contribution in [2.75, 3.05) is 23.3 Å². The fourth-order valence-corrected chi connectivity index (χ4v) is 3.42. The molecule has 0 amide bonds. The highest BCUT2D eigenvalue weighted by molar-refractivity contribution is 5.44. The van der Waals surface area contributed by atoms with Gasteiger partial charge in [-0.1, -0.05) is 54.6 Å². The van der Waals surface area contributed by atoms with Gasteiger partial charge in [-0.05, 0) is 42.0 Å². The van der Waals surface area contributed by atoms with Gasteiger partial charge in [0.2, 0.25) is 5.95 Å². The summed E-state index contributed by atoms with van der Waals surface area (Å²) >= 11 is 0. The lowest BCUT2D eigenvalue weighted by Crippen LogP contribution is -2.31. The number of fused-ring (bicyclic) bond motifs is 1. The van der Waals surface area contributed by atoms with Gasteiger partial charge in [-0.3, -0.25) is 0 Å². The molecule has 2 heterocycles. The van der Waals surface area contributed by atoms with Crippen LogP contribution in [0.4, 0.5) is 11.8 Å². The van der Waals surface area contributed by atoms with E-state index in [4.69, 9.17) is 4.98 Å². The Labute approximate surface area is 154 Å². The highest BCUT2D eigenvalue weighted by Gasteiger charge is 2.18. The first-order chi connectivity index (χ1) is 12.9. The monoisotopic (exact) mass is 344 g/mol. The van der Waals surface area contributed by atoms with Gasteiger partial charge < -0.3 is 10.2 Å². The van der Waals surface area contributed by atoms with E-state index in [9.17, 15) is 0 Å². The van der Waals surface area contributed by atoms with Crippen LogP contribution < -0.4 is 10.2 Å². The molecular formula is C22H24N4. The van der Waals surface area contributed by atoms with Crippen LogP contribution in [-0.4, -0.2) is 23.1 Å². The number of benzene rings is 2. The number of anilines is 2. The smallest absolute Gasteiger partial charge is 0.227 e. The minimum Gasteiger partial charge on any atom is -0.370 e. The van der Waals surface area contributed by atoms with Crippen LogP contribution in [0, 0.1) is 0 Å². The predicted molar refractivity (Wildman–Crippen MR) is 106 cm³/mol. The zero-order valence-corrected chi connectivity index (χ0v) is 14.9. The Morgan fingerprint density at radius 1 is 0.923 bits per heavy atom. The molecule has 132 valence electrons. The summed E-state index contributed by atoms with van der Waals surface area (Å²) in [5.41, 5.74) is 4.20. The van der Waals surface area contributed by atoms with Crippen LogP contribution >= 0.6 is 0 Å². The standard InChI is InChI=1S/C22H24N4/c1-2-7-18(8-3-1)9-6-14-23-21-12-15-24-22(25-21)26-16-13-19-10-4-5-11-20(19)17-26/h1-5,7-8,10-12,15H,6,9,13-14,16-17H2,(H,23,24,25). The molecule has 1 N–H and O–H groups in total. The lowest BCUT2D eigenvalue weighted by Gasteiger charge is -2.28. The fourth-order valence-electron chi connectivity index (χ4n) is 3.42. The van der Waals surface area contributed by atoms with E-state index in [1.165, 1.54) is 16.7 Å². The number of nitrogens with zero attached hydrogens (tertiary/aromatic N) is 3. The summed E-state index contributed by atoms with van der Waals surface area (Å²) in [6.07, 6.45) is 5.06. The largest absolute Gasteiger partial charge is 0.370 e. The van der Waals surface area contributed by atoms with Crippen LogP contribution in [-0.2, 0) is 19.4 Å². The highest BCUT2D eigenvalue weighted by Crippen LogP contribution is 2.22. The Hall–Kier alpha value is -2.88. The van der Waals surface area contributed by atoms with Crippen molar-refractivity contribution >= 4 is 11.8 Å². The normalized spacial score (nSPS) is 13.3. The molecule has 0 atom stereocenters. The Balaban J connectivity index is 1.34. The first-order valence-corrected chi connectivity index (χ1v) is 9.31. The third-order valence-electron chi connectivity index (χ3n) is 4.85. The minimum atomic E-state index is 0.813. The maximum Gasteiger partial charge on any atom is 0.227 e. The van der Waals surface area contributed by atoms with Crippen molar-refractivity contribution < 1.29 is 0 Å². The summed E-state index contributed by atoms with van der Waals surface area (Å²) in [5.74, 6) is 1.72. The van der Waals surface area contributed by atoms with Crippen molar-refractivity contribution in [3.05, 3.63) is 83.6 Å². The molecule has 0 fully saturated rings. The van der Waals surface area contributed by atoms with E-state index < -0.39 is 0 Å². The van der Waals surface area contributed by atoms with Gasteiger partial charge in [-0.25, -0.2) is 4.98 Å². The van der Waals surface area contributed by atoms with Crippen LogP contribution in [0.15, 0.2) is 66.9 Å². The van der Waals surface area contributed by atoms with Gasteiger partial charge in [0.25, 0.3) is 0 Å². The van der Waals surface area contributed by atoms with Crippen LogP contribution in [0.2, 0.25) is 0 Å². The molecule has 0 aliphatic carbocycles. The molecule has 0 saturated heterocycles. The quantitative estimate of drug-likeness (QED) is 0.684. The third-order valence-corrected chi connectivity index (χ3v) is 4.85. The average Bonchev–Trinajstić information content (AvgIpc) is 2.72. The number of rotatable bonds is 6. The predicted octanol–water partition coefficient (Wildman–Crippen LogP) is 4.08. The van der Waals surface area contributed by atoms with E-state index in [0.29, 0.717) is 0 Å². The van der Waals surface area contributed by atoms with E-state index in [-0.39, 0.29) is 0 Å². The second-order valence-corrected chi connectivity index (χ2v) is 6.70. The summed E-state index contributed by atoms with van der Waals surface area (Å²) in [6, 6.07) is 21.2. The minimum absolute atomic E-state index is 0.813. The zero-order chi connectivity index (χ0) is 17.6. The topological polar surface area (TPSA) is 41.1 Å². The molecule has 26 heavy (non-hydrogen) atoms. The van der Waals surface area contributed by atoms with Gasteiger partial charge in [0, 0.05) is 25.8 Å². The number of nitrogens with one attached hydrogen (secondary N) is 1. The van der Waals surface area contributed by atoms with Crippen LogP contribution in [0.1, 0.15) is 23.1 Å². The van der Waals surface area contributed by atoms with E-state index in [2.05, 4.69) is 69.8 Å². The Morgan fingerprint density at radius 3 is 2.62 bits per heavy atom. The molecule has 2 aromatic carbocycles. The fraction of sp³-hybridized carbons (Fsp3) is 0.273. The number of aromatic nitrogens is 2. The second-order valence-electron chi connectivity index (χ2n) is 6.70. The second kappa shape index (κ2) is 8.00. The van der Waals surface area contributed by atoms with Gasteiger partial charge in [-0.2, -0.15) is 4.98 Å². The van der Waals surface area contributed by atoms with Crippen molar-refractivity contribution in [3.63, 3.8) is 0 Å². The molecular weight excluding hydrogens is 320 g/mol. The molecule has 0 bridgehead atoms. The van der Waals surface area contributed by atoms with Crippen molar-refractivity contribution in [1.82, 2.24) is 9.97 Å². The number of hydrogen-bond acceptors (Lipinski definition) is 4. The molecule has 0 radical (unpaired) electrons. The summed E-state index contributed by atoms with van der Waals surface area (Å²) in [7, 11) is 0. The Bertz CT molecular complexity index is 848. The van der Waals surface area contributed by atoms with E-state index in [0.717, 1.165) is 50.7 Å². The number of aryl methyl sites for hydroxylation is 1. The van der Waals surface area contributed by atoms with Crippen molar-refractivity contribution in [2.24, 2.45) is 0 Å². The molecule has 0 saturated carbocycles. The Morgan fingerprint density at radius 2 is 1.73 bits per heavy atom. The molecule has 1 aromatic heterocycles. The molecule has 0 unspecified atom stereocenters. The first-order valence-electron chi connectivity index (χ1n) is 9.31. The molecule has 3 aromatic rings. The molecule has 1 aliphatic heterocycles. The highest BCUT2D eigenvalue weighted by atomic mass is 15.3. The van der Waals surface area contributed by atoms with Gasteiger partial charge in [-0.15, -0.1) is 0 Å². The average molecular weight is 344 g/mol. The summed E-state index contributed by atoms with van der Waals surface area (Å²) in [5, 5.41) is 3.44. The van der Waals surface area contributed by atoms with Gasteiger partial charge in [0.15, 0.2) is 0 Å². The summed E-state index contributed by atoms with van der Waals surface area (Å²) < 4.78 is 0. The van der Waals surface area contributed by atoms with E-state index in [1.54, 1.807) is 0 Å². The van der Waals surface area contributed by atoms with Gasteiger partial charge in [0.05, 0.1) is 0 Å². The molecule has 0 spiro atoms. The van der Waals surface area contributed by atoms with Crippen LogP contribution in [0.25, 0.3) is 0 Å². The zero-order valence-electron chi connectivity index (χ0n) is 14.9. The first kappa shape index (κ1) is 16.6. The Kier molecular flexibility index (Phi) is 5.10. The summed E-state index contributed by atoms with van der Waals surface area (Å²) in [4.78, 5) is 11.5. The van der Waals surface area contributed by atoms with Crippen molar-refractivity contribution in [1.29, 1.82) is 0 Å².